The highest BCUT2D eigenvalue weighted by Crippen LogP contribution is 2.47. The summed E-state index contributed by atoms with van der Waals surface area (Å²) in [5, 5.41) is 7.82. The van der Waals surface area contributed by atoms with Gasteiger partial charge in [0.15, 0.2) is 0 Å². The first kappa shape index (κ1) is 22.3. The van der Waals surface area contributed by atoms with Crippen molar-refractivity contribution in [2.75, 3.05) is 0 Å². The van der Waals surface area contributed by atoms with Crippen LogP contribution >= 0.6 is 11.3 Å². The molecule has 39 heavy (non-hydrogen) atoms. The molecule has 1 heterocycles. The van der Waals surface area contributed by atoms with Gasteiger partial charge in [-0.2, -0.15) is 0 Å². The van der Waals surface area contributed by atoms with Crippen molar-refractivity contribution in [1.29, 1.82) is 0 Å². The smallest absolute Gasteiger partial charge is 0.0355 e. The Kier molecular flexibility index (Phi) is 5.11. The van der Waals surface area contributed by atoms with E-state index in [1.807, 2.05) is 11.3 Å². The van der Waals surface area contributed by atoms with Gasteiger partial charge in [-0.1, -0.05) is 127 Å². The molecule has 0 N–H and O–H groups in total. The van der Waals surface area contributed by atoms with Gasteiger partial charge in [0.05, 0.1) is 0 Å². The summed E-state index contributed by atoms with van der Waals surface area (Å²) in [6, 6.07) is 53.2. The summed E-state index contributed by atoms with van der Waals surface area (Å²) in [4.78, 5) is 0. The van der Waals surface area contributed by atoms with Crippen LogP contribution in [0.2, 0.25) is 0 Å². The number of benzene rings is 7. The highest BCUT2D eigenvalue weighted by molar-refractivity contribution is 7.25. The Hall–Kier alpha value is -4.72. The Morgan fingerprint density at radius 3 is 1.64 bits per heavy atom. The fraction of sp³-hybridized carbons (Fsp3) is 0. The van der Waals surface area contributed by atoms with E-state index in [1.165, 1.54) is 75.1 Å². The molecule has 0 spiro atoms. The summed E-state index contributed by atoms with van der Waals surface area (Å²) in [7, 11) is 0. The van der Waals surface area contributed by atoms with Crippen molar-refractivity contribution in [3.8, 4) is 33.4 Å². The minimum absolute atomic E-state index is 1.24. The van der Waals surface area contributed by atoms with E-state index in [4.69, 9.17) is 0 Å². The van der Waals surface area contributed by atoms with Crippen LogP contribution in [-0.2, 0) is 0 Å². The van der Waals surface area contributed by atoms with Crippen LogP contribution in [0.25, 0.3) is 75.1 Å². The van der Waals surface area contributed by atoms with Gasteiger partial charge < -0.3 is 0 Å². The monoisotopic (exact) mass is 512 g/mol. The minimum Gasteiger partial charge on any atom is -0.135 e. The Morgan fingerprint density at radius 1 is 0.333 bits per heavy atom. The second-order valence-corrected chi connectivity index (χ2v) is 11.1. The lowest BCUT2D eigenvalue weighted by molar-refractivity contribution is 1.64. The molecule has 0 nitrogen and oxygen atoms in total. The van der Waals surface area contributed by atoms with Crippen LogP contribution in [0.3, 0.4) is 0 Å². The summed E-state index contributed by atoms with van der Waals surface area (Å²) < 4.78 is 2.67. The average Bonchev–Trinajstić information content (AvgIpc) is 3.38. The summed E-state index contributed by atoms with van der Waals surface area (Å²) in [5.41, 5.74) is 7.61. The maximum absolute atomic E-state index is 2.40. The number of rotatable bonds is 3. The Morgan fingerprint density at radius 2 is 0.897 bits per heavy atom. The summed E-state index contributed by atoms with van der Waals surface area (Å²) in [5.74, 6) is 0. The van der Waals surface area contributed by atoms with Gasteiger partial charge in [-0.15, -0.1) is 11.3 Å². The van der Waals surface area contributed by atoms with Crippen LogP contribution in [0.15, 0.2) is 146 Å². The minimum atomic E-state index is 1.24. The predicted octanol–water partition coefficient (Wildman–Crippen LogP) is 11.4. The molecule has 0 bridgehead atoms. The van der Waals surface area contributed by atoms with E-state index in [2.05, 4.69) is 146 Å². The van der Waals surface area contributed by atoms with E-state index in [1.54, 1.807) is 0 Å². The normalized spacial score (nSPS) is 11.6. The molecule has 0 aliphatic carbocycles. The lowest BCUT2D eigenvalue weighted by atomic mass is 9.83. The second kappa shape index (κ2) is 8.94. The Bertz CT molecular complexity index is 2150. The highest BCUT2D eigenvalue weighted by Gasteiger charge is 2.19. The topological polar surface area (TPSA) is 0 Å². The van der Waals surface area contributed by atoms with Crippen LogP contribution in [-0.4, -0.2) is 0 Å². The fourth-order valence-corrected chi connectivity index (χ4v) is 7.27. The first-order valence-corrected chi connectivity index (χ1v) is 14.2. The third-order valence-corrected chi connectivity index (χ3v) is 9.01. The molecule has 0 radical (unpaired) electrons. The highest BCUT2D eigenvalue weighted by atomic mass is 32.1. The maximum atomic E-state index is 2.40. The number of fused-ring (bicyclic) bond motifs is 5. The van der Waals surface area contributed by atoms with Crippen molar-refractivity contribution in [2.45, 2.75) is 0 Å². The lowest BCUT2D eigenvalue weighted by Gasteiger charge is -2.20. The quantitative estimate of drug-likeness (QED) is 0.207. The summed E-state index contributed by atoms with van der Waals surface area (Å²) >= 11 is 1.87. The molecule has 8 aromatic rings. The van der Waals surface area contributed by atoms with Crippen molar-refractivity contribution >= 4 is 53.1 Å². The molecule has 0 aliphatic heterocycles. The van der Waals surface area contributed by atoms with E-state index >= 15 is 0 Å². The van der Waals surface area contributed by atoms with Gasteiger partial charge in [-0.05, 0) is 73.1 Å². The zero-order valence-corrected chi connectivity index (χ0v) is 22.1. The lowest BCUT2D eigenvalue weighted by Crippen LogP contribution is -1.93. The van der Waals surface area contributed by atoms with E-state index in [0.29, 0.717) is 0 Å². The van der Waals surface area contributed by atoms with E-state index in [0.717, 1.165) is 0 Å². The maximum Gasteiger partial charge on any atom is 0.0355 e. The SMILES string of the molecule is c1ccc(-c2c3ccccc3c(-c3ccccc3)c3c(-c4ccc5sc6ccccc6c5c4)cccc23)cc1. The average molecular weight is 513 g/mol. The van der Waals surface area contributed by atoms with Gasteiger partial charge in [-0.3, -0.25) is 0 Å². The first-order chi connectivity index (χ1) is 19.4. The number of hydrogen-bond donors (Lipinski definition) is 0. The van der Waals surface area contributed by atoms with Crippen molar-refractivity contribution < 1.29 is 0 Å². The van der Waals surface area contributed by atoms with Crippen molar-refractivity contribution in [1.82, 2.24) is 0 Å². The first-order valence-electron chi connectivity index (χ1n) is 13.4. The number of hydrogen-bond acceptors (Lipinski definition) is 1. The van der Waals surface area contributed by atoms with Crippen LogP contribution in [0, 0.1) is 0 Å². The van der Waals surface area contributed by atoms with Gasteiger partial charge in [0, 0.05) is 20.2 Å². The van der Waals surface area contributed by atoms with Crippen LogP contribution in [0.1, 0.15) is 0 Å². The zero-order chi connectivity index (χ0) is 25.8. The molecule has 0 unspecified atom stereocenters. The predicted molar refractivity (Wildman–Crippen MR) is 171 cm³/mol. The molecule has 0 saturated carbocycles. The van der Waals surface area contributed by atoms with Gasteiger partial charge in [0.25, 0.3) is 0 Å². The summed E-state index contributed by atoms with van der Waals surface area (Å²) in [6.45, 7) is 0. The van der Waals surface area contributed by atoms with E-state index < -0.39 is 0 Å². The second-order valence-electron chi connectivity index (χ2n) is 10.1. The van der Waals surface area contributed by atoms with Crippen LogP contribution in [0.5, 0.6) is 0 Å². The zero-order valence-electron chi connectivity index (χ0n) is 21.3. The molecule has 7 aromatic carbocycles. The fourth-order valence-electron chi connectivity index (χ4n) is 6.18. The number of thiophene rings is 1. The molecule has 0 saturated heterocycles. The summed E-state index contributed by atoms with van der Waals surface area (Å²) in [6.07, 6.45) is 0. The standard InChI is InChI=1S/C38H24S/c1-3-12-25(13-4-1)36-30-17-7-8-18-31(30)37(26-14-5-2-6-15-26)38-28(19-11-20-32(36)38)27-22-23-35-33(24-27)29-16-9-10-21-34(29)39-35/h1-24H. The molecule has 0 fully saturated rings. The van der Waals surface area contributed by atoms with E-state index in [-0.39, 0.29) is 0 Å². The van der Waals surface area contributed by atoms with Gasteiger partial charge in [-0.25, -0.2) is 0 Å². The van der Waals surface area contributed by atoms with E-state index in [9.17, 15) is 0 Å². The largest absolute Gasteiger partial charge is 0.135 e. The molecule has 182 valence electrons. The Balaban J connectivity index is 1.55. The molecule has 0 amide bonds. The molecule has 0 aliphatic rings. The molecular weight excluding hydrogens is 488 g/mol. The molecule has 1 heteroatoms. The molecule has 1 aromatic heterocycles. The molecular formula is C38H24S. The third-order valence-electron chi connectivity index (χ3n) is 7.86. The van der Waals surface area contributed by atoms with Gasteiger partial charge in [0.2, 0.25) is 0 Å². The third kappa shape index (κ3) is 3.51. The van der Waals surface area contributed by atoms with Crippen molar-refractivity contribution in [3.05, 3.63) is 146 Å². The van der Waals surface area contributed by atoms with Gasteiger partial charge >= 0.3 is 0 Å². The Labute approximate surface area is 231 Å². The van der Waals surface area contributed by atoms with Crippen LogP contribution in [0.4, 0.5) is 0 Å². The molecule has 0 atom stereocenters. The molecule has 8 rings (SSSR count). The van der Waals surface area contributed by atoms with Crippen molar-refractivity contribution in [3.63, 3.8) is 0 Å². The van der Waals surface area contributed by atoms with Crippen molar-refractivity contribution in [2.24, 2.45) is 0 Å². The van der Waals surface area contributed by atoms with Gasteiger partial charge in [0.1, 0.15) is 0 Å². The van der Waals surface area contributed by atoms with Crippen LogP contribution < -0.4 is 0 Å².